The molecular formula is C22H14FN5OS. The molecule has 0 aliphatic rings. The van der Waals surface area contributed by atoms with Gasteiger partial charge in [-0.2, -0.15) is 9.61 Å². The summed E-state index contributed by atoms with van der Waals surface area (Å²) in [6.45, 7) is 0. The van der Waals surface area contributed by atoms with E-state index in [1.807, 2.05) is 41.8 Å². The van der Waals surface area contributed by atoms with Gasteiger partial charge in [0.15, 0.2) is 11.5 Å². The van der Waals surface area contributed by atoms with Crippen molar-refractivity contribution in [2.24, 2.45) is 0 Å². The standard InChI is InChI=1S/C22H14FN5OS/c23-17-5-2-1-4-16(17)22(29)24-15-9-7-14(8-10-15)18-11-12-20-25-26-21(28(20)27-18)19-6-3-13-30-19/h1-13H,(H,24,29). The Balaban J connectivity index is 1.41. The van der Waals surface area contributed by atoms with Crippen LogP contribution in [0.4, 0.5) is 10.1 Å². The predicted octanol–water partition coefficient (Wildman–Crippen LogP) is 4.91. The molecule has 0 aliphatic carbocycles. The number of hydrogen-bond donors (Lipinski definition) is 1. The van der Waals surface area contributed by atoms with Gasteiger partial charge in [-0.05, 0) is 47.8 Å². The average Bonchev–Trinajstić information content (AvgIpc) is 3.43. The number of amides is 1. The first-order valence-corrected chi connectivity index (χ1v) is 10.00. The van der Waals surface area contributed by atoms with Gasteiger partial charge in [-0.15, -0.1) is 21.5 Å². The van der Waals surface area contributed by atoms with Gasteiger partial charge in [-0.3, -0.25) is 4.79 Å². The fourth-order valence-electron chi connectivity index (χ4n) is 3.07. The molecule has 0 unspecified atom stereocenters. The number of rotatable bonds is 4. The van der Waals surface area contributed by atoms with Gasteiger partial charge in [0.2, 0.25) is 0 Å². The van der Waals surface area contributed by atoms with Gasteiger partial charge >= 0.3 is 0 Å². The normalized spacial score (nSPS) is 11.0. The Bertz CT molecular complexity index is 1350. The van der Waals surface area contributed by atoms with Crippen LogP contribution in [0.2, 0.25) is 0 Å². The minimum absolute atomic E-state index is 0.00223. The van der Waals surface area contributed by atoms with E-state index in [1.165, 1.54) is 12.1 Å². The fraction of sp³-hybridized carbons (Fsp3) is 0. The number of carbonyl (C=O) groups is 1. The highest BCUT2D eigenvalue weighted by molar-refractivity contribution is 7.13. The van der Waals surface area contributed by atoms with Gasteiger partial charge in [0.1, 0.15) is 5.82 Å². The van der Waals surface area contributed by atoms with E-state index in [1.54, 1.807) is 40.1 Å². The number of nitrogens with zero attached hydrogens (tertiary/aromatic N) is 4. The lowest BCUT2D eigenvalue weighted by atomic mass is 10.1. The molecule has 3 aromatic heterocycles. The summed E-state index contributed by atoms with van der Waals surface area (Å²) in [5, 5.41) is 17.8. The van der Waals surface area contributed by atoms with Gasteiger partial charge in [0, 0.05) is 11.3 Å². The zero-order valence-corrected chi connectivity index (χ0v) is 16.3. The van der Waals surface area contributed by atoms with Gasteiger partial charge in [-0.1, -0.05) is 30.3 Å². The van der Waals surface area contributed by atoms with Crippen LogP contribution in [0.25, 0.3) is 27.6 Å². The molecule has 8 heteroatoms. The maximum atomic E-state index is 13.8. The van der Waals surface area contributed by atoms with Crippen LogP contribution in [0, 0.1) is 5.82 Å². The molecule has 1 N–H and O–H groups in total. The molecule has 1 amide bonds. The van der Waals surface area contributed by atoms with Crippen molar-refractivity contribution in [1.82, 2.24) is 19.8 Å². The first-order valence-electron chi connectivity index (χ1n) is 9.12. The zero-order chi connectivity index (χ0) is 20.5. The third-order valence-electron chi connectivity index (χ3n) is 4.56. The minimum atomic E-state index is -0.556. The predicted molar refractivity (Wildman–Crippen MR) is 114 cm³/mol. The Morgan fingerprint density at radius 3 is 2.53 bits per heavy atom. The molecule has 30 heavy (non-hydrogen) atoms. The van der Waals surface area contributed by atoms with Gasteiger partial charge in [0.05, 0.1) is 16.1 Å². The number of anilines is 1. The van der Waals surface area contributed by atoms with Crippen LogP contribution >= 0.6 is 11.3 Å². The number of aromatic nitrogens is 4. The molecule has 0 bridgehead atoms. The number of carbonyl (C=O) groups excluding carboxylic acids is 1. The molecule has 0 fully saturated rings. The highest BCUT2D eigenvalue weighted by Crippen LogP contribution is 2.25. The smallest absolute Gasteiger partial charge is 0.258 e. The molecule has 0 atom stereocenters. The summed E-state index contributed by atoms with van der Waals surface area (Å²) in [5.74, 6) is -0.360. The van der Waals surface area contributed by atoms with Crippen LogP contribution in [-0.4, -0.2) is 25.7 Å². The maximum absolute atomic E-state index is 13.8. The quantitative estimate of drug-likeness (QED) is 0.453. The summed E-state index contributed by atoms with van der Waals surface area (Å²) < 4.78 is 15.5. The number of halogens is 1. The Hall–Kier alpha value is -3.91. The van der Waals surface area contributed by atoms with Crippen molar-refractivity contribution < 1.29 is 9.18 Å². The van der Waals surface area contributed by atoms with Crippen molar-refractivity contribution >= 4 is 28.6 Å². The Kier molecular flexibility index (Phi) is 4.53. The van der Waals surface area contributed by atoms with E-state index in [0.717, 1.165) is 16.1 Å². The first kappa shape index (κ1) is 18.1. The number of hydrogen-bond acceptors (Lipinski definition) is 5. The lowest BCUT2D eigenvalue weighted by Crippen LogP contribution is -2.13. The van der Waals surface area contributed by atoms with Crippen molar-refractivity contribution in [1.29, 1.82) is 0 Å². The molecule has 0 saturated heterocycles. The van der Waals surface area contributed by atoms with Crippen molar-refractivity contribution in [3.8, 4) is 22.0 Å². The lowest BCUT2D eigenvalue weighted by Gasteiger charge is -2.07. The third-order valence-corrected chi connectivity index (χ3v) is 5.43. The van der Waals surface area contributed by atoms with E-state index in [2.05, 4.69) is 20.6 Å². The number of thiophene rings is 1. The van der Waals surface area contributed by atoms with Crippen molar-refractivity contribution in [2.45, 2.75) is 0 Å². The Labute approximate surface area is 174 Å². The van der Waals surface area contributed by atoms with Crippen molar-refractivity contribution in [3.63, 3.8) is 0 Å². The van der Waals surface area contributed by atoms with Crippen molar-refractivity contribution in [3.05, 3.63) is 89.6 Å². The molecule has 6 nitrogen and oxygen atoms in total. The molecule has 0 aliphatic heterocycles. The van der Waals surface area contributed by atoms with E-state index >= 15 is 0 Å². The van der Waals surface area contributed by atoms with E-state index in [0.29, 0.717) is 17.2 Å². The van der Waals surface area contributed by atoms with Gasteiger partial charge < -0.3 is 5.32 Å². The zero-order valence-electron chi connectivity index (χ0n) is 15.5. The SMILES string of the molecule is O=C(Nc1ccc(-c2ccc3nnc(-c4cccs4)n3n2)cc1)c1ccccc1F. The monoisotopic (exact) mass is 415 g/mol. The second-order valence-corrected chi connectivity index (χ2v) is 7.45. The maximum Gasteiger partial charge on any atom is 0.258 e. The number of benzene rings is 2. The van der Waals surface area contributed by atoms with Gasteiger partial charge in [-0.25, -0.2) is 4.39 Å². The summed E-state index contributed by atoms with van der Waals surface area (Å²) >= 11 is 1.57. The van der Waals surface area contributed by atoms with Crippen LogP contribution in [0.1, 0.15) is 10.4 Å². The number of nitrogens with one attached hydrogen (secondary N) is 1. The second kappa shape index (κ2) is 7.49. The molecule has 5 rings (SSSR count). The third kappa shape index (κ3) is 3.33. The lowest BCUT2D eigenvalue weighted by molar-refractivity contribution is 0.102. The van der Waals surface area contributed by atoms with Crippen LogP contribution in [0.3, 0.4) is 0 Å². The van der Waals surface area contributed by atoms with Crippen LogP contribution < -0.4 is 5.32 Å². The summed E-state index contributed by atoms with van der Waals surface area (Å²) in [4.78, 5) is 13.3. The van der Waals surface area contributed by atoms with E-state index in [4.69, 9.17) is 0 Å². The van der Waals surface area contributed by atoms with Crippen LogP contribution in [0.15, 0.2) is 78.2 Å². The fourth-order valence-corrected chi connectivity index (χ4v) is 3.76. The first-order chi connectivity index (χ1) is 14.7. The summed E-state index contributed by atoms with van der Waals surface area (Å²) in [5.41, 5.74) is 2.84. The van der Waals surface area contributed by atoms with E-state index in [-0.39, 0.29) is 5.56 Å². The molecule has 0 radical (unpaired) electrons. The van der Waals surface area contributed by atoms with E-state index < -0.39 is 11.7 Å². The molecule has 0 saturated carbocycles. The summed E-state index contributed by atoms with van der Waals surface area (Å²) in [7, 11) is 0. The number of fused-ring (bicyclic) bond motifs is 1. The Morgan fingerprint density at radius 2 is 1.77 bits per heavy atom. The second-order valence-electron chi connectivity index (χ2n) is 6.50. The average molecular weight is 415 g/mol. The molecular weight excluding hydrogens is 401 g/mol. The van der Waals surface area contributed by atoms with Crippen LogP contribution in [0.5, 0.6) is 0 Å². The summed E-state index contributed by atoms with van der Waals surface area (Å²) in [6.07, 6.45) is 0. The highest BCUT2D eigenvalue weighted by Gasteiger charge is 2.13. The van der Waals surface area contributed by atoms with Crippen molar-refractivity contribution in [2.75, 3.05) is 5.32 Å². The topological polar surface area (TPSA) is 72.2 Å². The highest BCUT2D eigenvalue weighted by atomic mass is 32.1. The molecule has 2 aromatic carbocycles. The Morgan fingerprint density at radius 1 is 0.933 bits per heavy atom. The summed E-state index contributed by atoms with van der Waals surface area (Å²) in [6, 6.07) is 20.7. The molecule has 146 valence electrons. The van der Waals surface area contributed by atoms with Gasteiger partial charge in [0.25, 0.3) is 5.91 Å². The molecule has 5 aromatic rings. The minimum Gasteiger partial charge on any atom is -0.322 e. The largest absolute Gasteiger partial charge is 0.322 e. The van der Waals surface area contributed by atoms with Crippen LogP contribution in [-0.2, 0) is 0 Å². The molecule has 3 heterocycles. The molecule has 0 spiro atoms. The van der Waals surface area contributed by atoms with E-state index in [9.17, 15) is 9.18 Å².